The van der Waals surface area contributed by atoms with E-state index in [1.807, 2.05) is 18.2 Å². The molecular weight excluding hydrogens is 436 g/mol. The summed E-state index contributed by atoms with van der Waals surface area (Å²) in [6.07, 6.45) is 4.68. The van der Waals surface area contributed by atoms with Crippen LogP contribution < -0.4 is 0 Å². The van der Waals surface area contributed by atoms with Crippen LogP contribution in [-0.2, 0) is 43.4 Å². The van der Waals surface area contributed by atoms with Gasteiger partial charge in [-0.15, -0.1) is 0 Å². The van der Waals surface area contributed by atoms with Crippen LogP contribution in [-0.4, -0.2) is 32.7 Å². The zero-order valence-electron chi connectivity index (χ0n) is 16.1. The van der Waals surface area contributed by atoms with Gasteiger partial charge in [0.15, 0.2) is 11.6 Å². The number of carbonyl (C=O) groups excluding carboxylic acids is 1. The molecule has 4 aliphatic rings. The minimum Gasteiger partial charge on any atom is -0.343 e. The Morgan fingerprint density at radius 2 is 1.28 bits per heavy atom. The molecule has 2 aromatic rings. The highest BCUT2D eigenvalue weighted by molar-refractivity contribution is 9.10. The standard InChI is InChI=1S/C12H12O3.C11H11BrO2/c13-8-9-1-2-11-10(7-9)3-4-12(11)14-5-6-15-12;12-9-1-2-10-8(7-9)3-4-11(10)13-5-6-14-11/h1-2,7-8H,3-6H2;1-2,7H,3-6H2. The molecule has 2 aromatic carbocycles. The van der Waals surface area contributed by atoms with Gasteiger partial charge >= 0.3 is 0 Å². The van der Waals surface area contributed by atoms with Gasteiger partial charge in [0.05, 0.1) is 26.4 Å². The quantitative estimate of drug-likeness (QED) is 0.598. The van der Waals surface area contributed by atoms with Gasteiger partial charge < -0.3 is 18.9 Å². The van der Waals surface area contributed by atoms with Crippen molar-refractivity contribution in [1.82, 2.24) is 0 Å². The van der Waals surface area contributed by atoms with E-state index in [1.165, 1.54) is 16.7 Å². The highest BCUT2D eigenvalue weighted by Crippen LogP contribution is 2.44. The van der Waals surface area contributed by atoms with Crippen LogP contribution in [0.4, 0.5) is 0 Å². The van der Waals surface area contributed by atoms with E-state index in [-0.39, 0.29) is 0 Å². The molecule has 2 fully saturated rings. The number of hydrogen-bond donors (Lipinski definition) is 0. The number of benzene rings is 2. The first-order valence-electron chi connectivity index (χ1n) is 10.1. The van der Waals surface area contributed by atoms with Crippen molar-refractivity contribution >= 4 is 22.2 Å². The van der Waals surface area contributed by atoms with Crippen LogP contribution >= 0.6 is 15.9 Å². The number of aldehydes is 1. The zero-order chi connectivity index (χ0) is 19.9. The minimum absolute atomic E-state index is 0.407. The highest BCUT2D eigenvalue weighted by Gasteiger charge is 2.44. The Morgan fingerprint density at radius 1 is 0.759 bits per heavy atom. The summed E-state index contributed by atoms with van der Waals surface area (Å²) in [4.78, 5) is 10.7. The zero-order valence-corrected chi connectivity index (χ0v) is 17.7. The second-order valence-corrected chi connectivity index (χ2v) is 8.65. The van der Waals surface area contributed by atoms with Crippen LogP contribution in [0.25, 0.3) is 0 Å². The Labute approximate surface area is 178 Å². The molecule has 5 nitrogen and oxygen atoms in total. The van der Waals surface area contributed by atoms with Gasteiger partial charge in [-0.1, -0.05) is 34.1 Å². The number of rotatable bonds is 1. The van der Waals surface area contributed by atoms with Crippen molar-refractivity contribution in [3.05, 3.63) is 68.7 Å². The Morgan fingerprint density at radius 3 is 1.83 bits per heavy atom. The fourth-order valence-electron chi connectivity index (χ4n) is 4.78. The Bertz CT molecular complexity index is 929. The van der Waals surface area contributed by atoms with Gasteiger partial charge in [0.1, 0.15) is 6.29 Å². The highest BCUT2D eigenvalue weighted by atomic mass is 79.9. The summed E-state index contributed by atoms with van der Waals surface area (Å²) in [6.45, 7) is 2.76. The summed E-state index contributed by atoms with van der Waals surface area (Å²) in [7, 11) is 0. The summed E-state index contributed by atoms with van der Waals surface area (Å²) >= 11 is 3.48. The van der Waals surface area contributed by atoms with E-state index in [1.54, 1.807) is 0 Å². The first-order chi connectivity index (χ1) is 14.1. The second kappa shape index (κ2) is 7.60. The predicted octanol–water partition coefficient (Wildman–Crippen LogP) is 4.24. The van der Waals surface area contributed by atoms with E-state index < -0.39 is 11.6 Å². The molecule has 6 heteroatoms. The molecule has 2 heterocycles. The van der Waals surface area contributed by atoms with Gasteiger partial charge in [-0.2, -0.15) is 0 Å². The van der Waals surface area contributed by atoms with Crippen LogP contribution in [0.15, 0.2) is 40.9 Å². The van der Waals surface area contributed by atoms with Gasteiger partial charge in [0, 0.05) is 34.0 Å². The Balaban J connectivity index is 0.000000125. The van der Waals surface area contributed by atoms with Crippen molar-refractivity contribution in [2.24, 2.45) is 0 Å². The molecule has 2 aliphatic carbocycles. The average molecular weight is 459 g/mol. The molecule has 2 aliphatic heterocycles. The molecule has 0 aromatic heterocycles. The normalized spacial score (nSPS) is 22.4. The summed E-state index contributed by atoms with van der Waals surface area (Å²) in [6, 6.07) is 12.0. The third-order valence-electron chi connectivity index (χ3n) is 6.11. The van der Waals surface area contributed by atoms with Crippen molar-refractivity contribution in [3.63, 3.8) is 0 Å². The van der Waals surface area contributed by atoms with E-state index in [2.05, 4.69) is 34.1 Å². The molecule has 2 saturated heterocycles. The number of hydrogen-bond acceptors (Lipinski definition) is 5. The molecule has 29 heavy (non-hydrogen) atoms. The molecule has 0 unspecified atom stereocenters. The van der Waals surface area contributed by atoms with E-state index >= 15 is 0 Å². The minimum atomic E-state index is -0.503. The van der Waals surface area contributed by atoms with Gasteiger partial charge in [0.2, 0.25) is 0 Å². The number of aryl methyl sites for hydroxylation is 2. The molecule has 6 rings (SSSR count). The summed E-state index contributed by atoms with van der Waals surface area (Å²) in [5, 5.41) is 0. The van der Waals surface area contributed by atoms with Crippen molar-refractivity contribution < 1.29 is 23.7 Å². The Kier molecular flexibility index (Phi) is 5.08. The van der Waals surface area contributed by atoms with Gasteiger partial charge in [-0.3, -0.25) is 4.79 Å². The van der Waals surface area contributed by atoms with Crippen LogP contribution in [0.1, 0.15) is 45.5 Å². The van der Waals surface area contributed by atoms with Crippen molar-refractivity contribution in [3.8, 4) is 0 Å². The molecule has 0 radical (unpaired) electrons. The number of ether oxygens (including phenoxy) is 4. The van der Waals surface area contributed by atoms with Crippen molar-refractivity contribution in [2.45, 2.75) is 37.3 Å². The first-order valence-corrected chi connectivity index (χ1v) is 10.9. The van der Waals surface area contributed by atoms with E-state index in [0.29, 0.717) is 13.2 Å². The van der Waals surface area contributed by atoms with Gasteiger partial charge in [-0.05, 0) is 42.2 Å². The topological polar surface area (TPSA) is 54.0 Å². The van der Waals surface area contributed by atoms with E-state index in [9.17, 15) is 4.79 Å². The van der Waals surface area contributed by atoms with E-state index in [4.69, 9.17) is 18.9 Å². The second-order valence-electron chi connectivity index (χ2n) is 7.74. The van der Waals surface area contributed by atoms with Gasteiger partial charge in [-0.25, -0.2) is 0 Å². The summed E-state index contributed by atoms with van der Waals surface area (Å²) < 4.78 is 24.0. The largest absolute Gasteiger partial charge is 0.343 e. The Hall–Kier alpha value is -1.57. The smallest absolute Gasteiger partial charge is 0.195 e. The molecule has 152 valence electrons. The number of halogens is 1. The lowest BCUT2D eigenvalue weighted by atomic mass is 10.0. The lowest BCUT2D eigenvalue weighted by Gasteiger charge is -2.22. The molecule has 2 spiro atoms. The predicted molar refractivity (Wildman–Crippen MR) is 110 cm³/mol. The van der Waals surface area contributed by atoms with Crippen LogP contribution in [0, 0.1) is 0 Å². The van der Waals surface area contributed by atoms with Crippen molar-refractivity contribution in [2.75, 3.05) is 26.4 Å². The maximum absolute atomic E-state index is 10.7. The number of carbonyl (C=O) groups is 1. The molecule has 0 amide bonds. The number of fused-ring (bicyclic) bond motifs is 4. The summed E-state index contributed by atoms with van der Waals surface area (Å²) in [5.74, 6) is -0.910. The summed E-state index contributed by atoms with van der Waals surface area (Å²) in [5.41, 5.74) is 5.58. The van der Waals surface area contributed by atoms with Gasteiger partial charge in [0.25, 0.3) is 0 Å². The fourth-order valence-corrected chi connectivity index (χ4v) is 5.19. The monoisotopic (exact) mass is 458 g/mol. The average Bonchev–Trinajstić information content (AvgIpc) is 3.53. The maximum atomic E-state index is 10.7. The lowest BCUT2D eigenvalue weighted by Crippen LogP contribution is -2.23. The fraction of sp³-hybridized carbons (Fsp3) is 0.435. The SMILES string of the molecule is Brc1ccc2c(c1)CCC21OCCO1.O=Cc1ccc2c(c1)CCC21OCCO1. The molecule has 0 saturated carbocycles. The van der Waals surface area contributed by atoms with Crippen LogP contribution in [0.5, 0.6) is 0 Å². The molecule has 0 bridgehead atoms. The van der Waals surface area contributed by atoms with Crippen molar-refractivity contribution in [1.29, 1.82) is 0 Å². The van der Waals surface area contributed by atoms with Crippen LogP contribution in [0.3, 0.4) is 0 Å². The molecular formula is C23H23BrO5. The van der Waals surface area contributed by atoms with Crippen LogP contribution in [0.2, 0.25) is 0 Å². The lowest BCUT2D eigenvalue weighted by molar-refractivity contribution is -0.163. The third kappa shape index (κ3) is 3.37. The first kappa shape index (κ1) is 19.4. The third-order valence-corrected chi connectivity index (χ3v) is 6.60. The van der Waals surface area contributed by atoms with E-state index in [0.717, 1.165) is 60.8 Å². The maximum Gasteiger partial charge on any atom is 0.195 e. The molecule has 0 atom stereocenters. The molecule has 0 N–H and O–H groups in total.